The minimum absolute atomic E-state index is 0.00981. The Bertz CT molecular complexity index is 308. The molecule has 0 saturated heterocycles. The Labute approximate surface area is 77.8 Å². The van der Waals surface area contributed by atoms with E-state index < -0.39 is 4.69 Å². The van der Waals surface area contributed by atoms with Gasteiger partial charge >= 0.3 is 0 Å². The molecule has 1 aromatic carbocycles. The second-order valence-electron chi connectivity index (χ2n) is 2.09. The van der Waals surface area contributed by atoms with Crippen molar-refractivity contribution in [3.05, 3.63) is 35.9 Å². The molecule has 0 spiro atoms. The van der Waals surface area contributed by atoms with Gasteiger partial charge in [-0.2, -0.15) is 0 Å². The maximum Gasteiger partial charge on any atom is 0.250 e. The van der Waals surface area contributed by atoms with E-state index in [1.54, 1.807) is 24.3 Å². The SMILES string of the molecule is O=C(Br)/C(=N\O)c1ccccc1. The van der Waals surface area contributed by atoms with Crippen LogP contribution in [0.1, 0.15) is 5.56 Å². The Hall–Kier alpha value is -1.16. The van der Waals surface area contributed by atoms with Crippen LogP contribution in [0.25, 0.3) is 0 Å². The first-order valence-electron chi connectivity index (χ1n) is 3.23. The van der Waals surface area contributed by atoms with Crippen molar-refractivity contribution in [2.24, 2.45) is 5.16 Å². The Balaban J connectivity index is 3.05. The van der Waals surface area contributed by atoms with Gasteiger partial charge in [-0.15, -0.1) is 0 Å². The summed E-state index contributed by atoms with van der Waals surface area (Å²) in [4.78, 5) is 10.8. The maximum atomic E-state index is 10.8. The highest BCUT2D eigenvalue weighted by molar-refractivity contribution is 9.19. The second kappa shape index (κ2) is 4.01. The molecule has 1 aromatic rings. The molecule has 1 rings (SSSR count). The van der Waals surface area contributed by atoms with Gasteiger partial charge in [0, 0.05) is 5.56 Å². The fourth-order valence-corrected chi connectivity index (χ4v) is 1.11. The zero-order valence-corrected chi connectivity index (χ0v) is 7.65. The molecule has 12 heavy (non-hydrogen) atoms. The summed E-state index contributed by atoms with van der Waals surface area (Å²) in [5.41, 5.74) is 0.595. The molecule has 0 aromatic heterocycles. The number of hydrogen-bond donors (Lipinski definition) is 1. The summed E-state index contributed by atoms with van der Waals surface area (Å²) in [7, 11) is 0. The summed E-state index contributed by atoms with van der Waals surface area (Å²) in [5.74, 6) is 0. The van der Waals surface area contributed by atoms with E-state index in [0.717, 1.165) is 0 Å². The first-order chi connectivity index (χ1) is 5.75. The van der Waals surface area contributed by atoms with Crippen LogP contribution in [0.4, 0.5) is 0 Å². The van der Waals surface area contributed by atoms with Crippen LogP contribution in [0.5, 0.6) is 0 Å². The molecule has 0 unspecified atom stereocenters. The van der Waals surface area contributed by atoms with E-state index in [-0.39, 0.29) is 5.71 Å². The lowest BCUT2D eigenvalue weighted by Gasteiger charge is -1.96. The van der Waals surface area contributed by atoms with Crippen molar-refractivity contribution in [2.45, 2.75) is 0 Å². The molecule has 0 radical (unpaired) electrons. The van der Waals surface area contributed by atoms with E-state index in [4.69, 9.17) is 5.21 Å². The van der Waals surface area contributed by atoms with E-state index in [9.17, 15) is 4.79 Å². The number of benzene rings is 1. The molecule has 62 valence electrons. The van der Waals surface area contributed by atoms with Gasteiger partial charge in [0.05, 0.1) is 0 Å². The van der Waals surface area contributed by atoms with Crippen LogP contribution in [0.2, 0.25) is 0 Å². The molecule has 0 heterocycles. The van der Waals surface area contributed by atoms with Gasteiger partial charge in [0.15, 0.2) is 5.71 Å². The Morgan fingerprint density at radius 3 is 2.33 bits per heavy atom. The van der Waals surface area contributed by atoms with Crippen LogP contribution in [0.15, 0.2) is 35.5 Å². The largest absolute Gasteiger partial charge is 0.410 e. The van der Waals surface area contributed by atoms with Gasteiger partial charge in [-0.25, -0.2) is 0 Å². The van der Waals surface area contributed by atoms with Crippen LogP contribution >= 0.6 is 15.9 Å². The highest BCUT2D eigenvalue weighted by Gasteiger charge is 2.09. The molecule has 0 aliphatic heterocycles. The summed E-state index contributed by atoms with van der Waals surface area (Å²) in [6.45, 7) is 0. The van der Waals surface area contributed by atoms with Crippen molar-refractivity contribution in [3.8, 4) is 0 Å². The van der Waals surface area contributed by atoms with Crippen LogP contribution < -0.4 is 0 Å². The van der Waals surface area contributed by atoms with Crippen molar-refractivity contribution in [2.75, 3.05) is 0 Å². The molecule has 0 aliphatic rings. The molecular weight excluding hydrogens is 222 g/mol. The number of halogens is 1. The molecule has 1 N–H and O–H groups in total. The third kappa shape index (κ3) is 1.92. The first-order valence-corrected chi connectivity index (χ1v) is 4.02. The summed E-state index contributed by atoms with van der Waals surface area (Å²) in [6.07, 6.45) is 0. The van der Waals surface area contributed by atoms with Gasteiger partial charge < -0.3 is 5.21 Å². The van der Waals surface area contributed by atoms with Crippen LogP contribution in [-0.4, -0.2) is 15.6 Å². The fraction of sp³-hybridized carbons (Fsp3) is 0. The minimum Gasteiger partial charge on any atom is -0.410 e. The molecule has 0 bridgehead atoms. The summed E-state index contributed by atoms with van der Waals surface area (Å²) in [5, 5.41) is 11.4. The second-order valence-corrected chi connectivity index (χ2v) is 2.81. The number of carbonyl (C=O) groups is 1. The molecule has 0 aliphatic carbocycles. The predicted octanol–water partition coefficient (Wildman–Crippen LogP) is 1.79. The molecule has 3 nitrogen and oxygen atoms in total. The van der Waals surface area contributed by atoms with Gasteiger partial charge in [-0.1, -0.05) is 35.5 Å². The number of hydrogen-bond acceptors (Lipinski definition) is 3. The van der Waals surface area contributed by atoms with Gasteiger partial charge in [-0.3, -0.25) is 4.79 Å². The number of nitrogens with zero attached hydrogens (tertiary/aromatic N) is 1. The number of carbonyl (C=O) groups excluding carboxylic acids is 1. The third-order valence-corrected chi connectivity index (χ3v) is 1.71. The lowest BCUT2D eigenvalue weighted by molar-refractivity contribution is -0.105. The van der Waals surface area contributed by atoms with Gasteiger partial charge in [0.1, 0.15) is 0 Å². The van der Waals surface area contributed by atoms with Crippen molar-refractivity contribution in [1.29, 1.82) is 0 Å². The van der Waals surface area contributed by atoms with E-state index in [1.165, 1.54) is 0 Å². The topological polar surface area (TPSA) is 49.7 Å². The Kier molecular flexibility index (Phi) is 2.99. The Morgan fingerprint density at radius 2 is 1.92 bits per heavy atom. The van der Waals surface area contributed by atoms with Crippen molar-refractivity contribution in [1.82, 2.24) is 0 Å². The van der Waals surface area contributed by atoms with Crippen LogP contribution in [0, 0.1) is 0 Å². The average molecular weight is 228 g/mol. The normalized spacial score (nSPS) is 11.2. The summed E-state index contributed by atoms with van der Waals surface area (Å²) >= 11 is 2.71. The lowest BCUT2D eigenvalue weighted by Crippen LogP contribution is -2.08. The quantitative estimate of drug-likeness (QED) is 0.363. The Morgan fingerprint density at radius 1 is 1.33 bits per heavy atom. The minimum atomic E-state index is -0.434. The van der Waals surface area contributed by atoms with Crippen molar-refractivity contribution < 1.29 is 10.0 Å². The standard InChI is InChI=1S/C8H6BrNO2/c9-8(11)7(10-12)6-4-2-1-3-5-6/h1-5,12H/b10-7-. The lowest BCUT2D eigenvalue weighted by atomic mass is 10.1. The number of oxime groups is 1. The molecule has 4 heteroatoms. The molecule has 0 saturated carbocycles. The van der Waals surface area contributed by atoms with E-state index >= 15 is 0 Å². The van der Waals surface area contributed by atoms with Gasteiger partial charge in [0.25, 0.3) is 0 Å². The van der Waals surface area contributed by atoms with Gasteiger partial charge in [0.2, 0.25) is 4.69 Å². The van der Waals surface area contributed by atoms with Crippen LogP contribution in [-0.2, 0) is 4.79 Å². The average Bonchev–Trinajstić information content (AvgIpc) is 2.07. The smallest absolute Gasteiger partial charge is 0.250 e. The summed E-state index contributed by atoms with van der Waals surface area (Å²) in [6, 6.07) is 8.71. The summed E-state index contributed by atoms with van der Waals surface area (Å²) < 4.78 is -0.434. The fourth-order valence-electron chi connectivity index (χ4n) is 0.807. The molecule has 0 fully saturated rings. The molecule has 0 atom stereocenters. The van der Waals surface area contributed by atoms with Crippen molar-refractivity contribution >= 4 is 26.3 Å². The third-order valence-electron chi connectivity index (χ3n) is 1.33. The first kappa shape index (κ1) is 8.93. The van der Waals surface area contributed by atoms with Crippen LogP contribution in [0.3, 0.4) is 0 Å². The zero-order chi connectivity index (χ0) is 8.97. The highest BCUT2D eigenvalue weighted by atomic mass is 79.9. The number of rotatable bonds is 2. The monoisotopic (exact) mass is 227 g/mol. The molecule has 0 amide bonds. The highest BCUT2D eigenvalue weighted by Crippen LogP contribution is 2.04. The van der Waals surface area contributed by atoms with E-state index in [1.807, 2.05) is 6.07 Å². The maximum absolute atomic E-state index is 10.8. The van der Waals surface area contributed by atoms with Crippen molar-refractivity contribution in [3.63, 3.8) is 0 Å². The van der Waals surface area contributed by atoms with E-state index in [2.05, 4.69) is 21.1 Å². The molecular formula is C8H6BrNO2. The van der Waals surface area contributed by atoms with E-state index in [0.29, 0.717) is 5.56 Å². The predicted molar refractivity (Wildman–Crippen MR) is 48.7 cm³/mol. The van der Waals surface area contributed by atoms with Gasteiger partial charge in [-0.05, 0) is 15.9 Å². The zero-order valence-electron chi connectivity index (χ0n) is 6.07.